The summed E-state index contributed by atoms with van der Waals surface area (Å²) in [5.41, 5.74) is 2.34. The van der Waals surface area contributed by atoms with Gasteiger partial charge in [-0.25, -0.2) is 0 Å². The van der Waals surface area contributed by atoms with Crippen LogP contribution in [0.25, 0.3) is 5.76 Å². The first kappa shape index (κ1) is 20.1. The third-order valence-electron chi connectivity index (χ3n) is 4.80. The largest absolute Gasteiger partial charge is 0.507 e. The third-order valence-corrected chi connectivity index (χ3v) is 5.05. The van der Waals surface area contributed by atoms with Crippen molar-refractivity contribution >= 4 is 29.1 Å². The van der Waals surface area contributed by atoms with Gasteiger partial charge in [0.2, 0.25) is 0 Å². The summed E-state index contributed by atoms with van der Waals surface area (Å²) in [6.07, 6.45) is 0.582. The SMILES string of the molecule is COCCCN1C(=O)C(=O)C(=C(O)c2ccc(C)cc2)[C@@H]1c1ccc(Cl)cc1. The van der Waals surface area contributed by atoms with E-state index in [4.69, 9.17) is 16.3 Å². The number of benzene rings is 2. The number of hydrogen-bond donors (Lipinski definition) is 1. The number of ether oxygens (including phenoxy) is 1. The molecule has 1 aliphatic heterocycles. The molecule has 1 saturated heterocycles. The average Bonchev–Trinajstić information content (AvgIpc) is 2.94. The minimum absolute atomic E-state index is 0.0913. The molecule has 1 N–H and O–H groups in total. The van der Waals surface area contributed by atoms with Crippen molar-refractivity contribution in [2.75, 3.05) is 20.3 Å². The number of amides is 1. The highest BCUT2D eigenvalue weighted by Gasteiger charge is 2.45. The van der Waals surface area contributed by atoms with E-state index in [9.17, 15) is 14.7 Å². The molecule has 2 aromatic carbocycles. The molecule has 1 aliphatic rings. The predicted octanol–water partition coefficient (Wildman–Crippen LogP) is 4.11. The van der Waals surface area contributed by atoms with Crippen LogP contribution in [0.15, 0.2) is 54.1 Å². The van der Waals surface area contributed by atoms with Crippen LogP contribution in [0.4, 0.5) is 0 Å². The molecule has 0 radical (unpaired) electrons. The molecule has 1 heterocycles. The Bertz CT molecular complexity index is 903. The Morgan fingerprint density at radius 1 is 1.11 bits per heavy atom. The number of methoxy groups -OCH3 is 1. The first-order chi connectivity index (χ1) is 13.4. The van der Waals surface area contributed by atoms with Crippen molar-refractivity contribution in [3.8, 4) is 0 Å². The van der Waals surface area contributed by atoms with Gasteiger partial charge in [-0.05, 0) is 31.0 Å². The topological polar surface area (TPSA) is 66.8 Å². The zero-order valence-corrected chi connectivity index (χ0v) is 16.6. The first-order valence-corrected chi connectivity index (χ1v) is 9.41. The molecule has 0 spiro atoms. The number of likely N-dealkylation sites (tertiary alicyclic amines) is 1. The van der Waals surface area contributed by atoms with E-state index in [0.29, 0.717) is 30.2 Å². The van der Waals surface area contributed by atoms with Gasteiger partial charge in [0.05, 0.1) is 11.6 Å². The number of nitrogens with zero attached hydrogens (tertiary/aromatic N) is 1. The second kappa shape index (κ2) is 8.59. The van der Waals surface area contributed by atoms with Gasteiger partial charge >= 0.3 is 0 Å². The summed E-state index contributed by atoms with van der Waals surface area (Å²) in [5, 5.41) is 11.5. The van der Waals surface area contributed by atoms with Crippen molar-refractivity contribution in [3.63, 3.8) is 0 Å². The maximum Gasteiger partial charge on any atom is 0.295 e. The summed E-state index contributed by atoms with van der Waals surface area (Å²) in [6, 6.07) is 13.5. The zero-order valence-electron chi connectivity index (χ0n) is 15.8. The van der Waals surface area contributed by atoms with E-state index in [2.05, 4.69) is 0 Å². The van der Waals surface area contributed by atoms with Crippen LogP contribution < -0.4 is 0 Å². The van der Waals surface area contributed by atoms with Gasteiger partial charge in [0, 0.05) is 30.8 Å². The number of ketones is 1. The lowest BCUT2D eigenvalue weighted by atomic mass is 9.95. The minimum Gasteiger partial charge on any atom is -0.507 e. The van der Waals surface area contributed by atoms with Gasteiger partial charge in [-0.3, -0.25) is 9.59 Å². The number of hydrogen-bond acceptors (Lipinski definition) is 4. The monoisotopic (exact) mass is 399 g/mol. The highest BCUT2D eigenvalue weighted by atomic mass is 35.5. The molecular weight excluding hydrogens is 378 g/mol. The Balaban J connectivity index is 2.10. The molecule has 0 aromatic heterocycles. The van der Waals surface area contributed by atoms with Gasteiger partial charge in [-0.1, -0.05) is 53.6 Å². The van der Waals surface area contributed by atoms with Crippen molar-refractivity contribution in [3.05, 3.63) is 75.8 Å². The lowest BCUT2D eigenvalue weighted by Gasteiger charge is -2.25. The van der Waals surface area contributed by atoms with E-state index in [-0.39, 0.29) is 11.3 Å². The molecule has 3 rings (SSSR count). The Kier molecular flexibility index (Phi) is 6.17. The number of halogens is 1. The van der Waals surface area contributed by atoms with Crippen molar-refractivity contribution in [2.45, 2.75) is 19.4 Å². The standard InChI is InChI=1S/C22H22ClNO4/c1-14-4-6-16(7-5-14)20(25)18-19(15-8-10-17(23)11-9-15)24(12-3-13-28-2)22(27)21(18)26/h4-11,19,25H,3,12-13H2,1-2H3/t19-/m0/s1. The van der Waals surface area contributed by atoms with E-state index in [0.717, 1.165) is 11.1 Å². The molecule has 0 aliphatic carbocycles. The van der Waals surface area contributed by atoms with Gasteiger partial charge in [-0.2, -0.15) is 0 Å². The van der Waals surface area contributed by atoms with E-state index in [1.54, 1.807) is 43.5 Å². The van der Waals surface area contributed by atoms with Gasteiger partial charge < -0.3 is 14.7 Å². The summed E-state index contributed by atoms with van der Waals surface area (Å²) in [7, 11) is 1.59. The molecule has 1 fully saturated rings. The number of aliphatic hydroxyl groups excluding tert-OH is 1. The molecule has 146 valence electrons. The van der Waals surface area contributed by atoms with Gasteiger partial charge in [-0.15, -0.1) is 0 Å². The molecule has 0 unspecified atom stereocenters. The highest BCUT2D eigenvalue weighted by Crippen LogP contribution is 2.39. The summed E-state index contributed by atoms with van der Waals surface area (Å²) in [5.74, 6) is -1.48. The first-order valence-electron chi connectivity index (χ1n) is 9.04. The molecule has 5 nitrogen and oxygen atoms in total. The molecule has 0 bridgehead atoms. The smallest absolute Gasteiger partial charge is 0.295 e. The second-order valence-corrected chi connectivity index (χ2v) is 7.19. The number of aryl methyl sites for hydroxylation is 1. The summed E-state index contributed by atoms with van der Waals surface area (Å²) >= 11 is 6.00. The number of Topliss-reactive ketones (excluding diaryl/α,β-unsaturated/α-hetero) is 1. The Morgan fingerprint density at radius 2 is 1.75 bits per heavy atom. The highest BCUT2D eigenvalue weighted by molar-refractivity contribution is 6.46. The van der Waals surface area contributed by atoms with Crippen LogP contribution in [-0.2, 0) is 14.3 Å². The quantitative estimate of drug-likeness (QED) is 0.343. The summed E-state index contributed by atoms with van der Waals surface area (Å²) in [6.45, 7) is 2.75. The van der Waals surface area contributed by atoms with Gasteiger partial charge in [0.1, 0.15) is 5.76 Å². The van der Waals surface area contributed by atoms with E-state index in [1.807, 2.05) is 19.1 Å². The van der Waals surface area contributed by atoms with Crippen molar-refractivity contribution in [1.29, 1.82) is 0 Å². The lowest BCUT2D eigenvalue weighted by Crippen LogP contribution is -2.31. The minimum atomic E-state index is -0.685. The zero-order chi connectivity index (χ0) is 20.3. The molecular formula is C22H22ClNO4. The lowest BCUT2D eigenvalue weighted by molar-refractivity contribution is -0.140. The second-order valence-electron chi connectivity index (χ2n) is 6.76. The fourth-order valence-corrected chi connectivity index (χ4v) is 3.47. The molecule has 0 saturated carbocycles. The van der Waals surface area contributed by atoms with E-state index < -0.39 is 17.7 Å². The fourth-order valence-electron chi connectivity index (χ4n) is 3.35. The van der Waals surface area contributed by atoms with Crippen LogP contribution in [0.1, 0.15) is 29.2 Å². The molecule has 28 heavy (non-hydrogen) atoms. The Labute approximate surface area is 169 Å². The van der Waals surface area contributed by atoms with Gasteiger partial charge in [0.25, 0.3) is 11.7 Å². The van der Waals surface area contributed by atoms with Crippen molar-refractivity contribution < 1.29 is 19.4 Å². The Morgan fingerprint density at radius 3 is 2.36 bits per heavy atom. The molecule has 2 aromatic rings. The van der Waals surface area contributed by atoms with Crippen LogP contribution >= 0.6 is 11.6 Å². The summed E-state index contributed by atoms with van der Waals surface area (Å²) < 4.78 is 5.07. The summed E-state index contributed by atoms with van der Waals surface area (Å²) in [4.78, 5) is 27.0. The number of aliphatic hydroxyl groups is 1. The number of carbonyl (C=O) groups excluding carboxylic acids is 2. The van der Waals surface area contributed by atoms with E-state index >= 15 is 0 Å². The molecule has 1 amide bonds. The normalized spacial score (nSPS) is 18.7. The van der Waals surface area contributed by atoms with Crippen LogP contribution in [-0.4, -0.2) is 42.0 Å². The third kappa shape index (κ3) is 3.96. The van der Waals surface area contributed by atoms with Crippen LogP contribution in [0.2, 0.25) is 5.02 Å². The molecule has 1 atom stereocenters. The number of carbonyl (C=O) groups is 2. The number of rotatable bonds is 6. The van der Waals surface area contributed by atoms with Crippen LogP contribution in [0.3, 0.4) is 0 Å². The Hall–Kier alpha value is -2.63. The van der Waals surface area contributed by atoms with Crippen LogP contribution in [0.5, 0.6) is 0 Å². The van der Waals surface area contributed by atoms with Crippen molar-refractivity contribution in [1.82, 2.24) is 4.90 Å². The molecule has 6 heteroatoms. The average molecular weight is 400 g/mol. The van der Waals surface area contributed by atoms with E-state index in [1.165, 1.54) is 4.90 Å². The maximum absolute atomic E-state index is 12.8. The van der Waals surface area contributed by atoms with Crippen LogP contribution in [0, 0.1) is 6.92 Å². The predicted molar refractivity (Wildman–Crippen MR) is 108 cm³/mol. The maximum atomic E-state index is 12.8. The van der Waals surface area contributed by atoms with Gasteiger partial charge in [0.15, 0.2) is 0 Å². The van der Waals surface area contributed by atoms with Crippen molar-refractivity contribution in [2.24, 2.45) is 0 Å². The fraction of sp³-hybridized carbons (Fsp3) is 0.273.